The van der Waals surface area contributed by atoms with Crippen molar-refractivity contribution in [2.45, 2.75) is 12.5 Å². The first-order valence-electron chi connectivity index (χ1n) is 11.0. The minimum absolute atomic E-state index is 0.0106. The van der Waals surface area contributed by atoms with Crippen molar-refractivity contribution >= 4 is 47.2 Å². The van der Waals surface area contributed by atoms with Gasteiger partial charge in [0.05, 0.1) is 22.9 Å². The van der Waals surface area contributed by atoms with Gasteiger partial charge in [-0.1, -0.05) is 38.0 Å². The van der Waals surface area contributed by atoms with E-state index in [1.165, 1.54) is 36.4 Å². The molecule has 1 fully saturated rings. The summed E-state index contributed by atoms with van der Waals surface area (Å²) in [4.78, 5) is 62.1. The molecule has 0 spiro atoms. The van der Waals surface area contributed by atoms with Gasteiger partial charge in [-0.05, 0) is 30.5 Å². The maximum absolute atomic E-state index is 13.0. The molecule has 0 bridgehead atoms. The molecule has 192 valence electrons. The lowest BCUT2D eigenvalue weighted by molar-refractivity contribution is -0.151. The van der Waals surface area contributed by atoms with Gasteiger partial charge in [0.2, 0.25) is 5.91 Å². The van der Waals surface area contributed by atoms with E-state index >= 15 is 0 Å². The maximum atomic E-state index is 13.0. The van der Waals surface area contributed by atoms with Crippen LogP contribution in [-0.4, -0.2) is 61.3 Å². The van der Waals surface area contributed by atoms with Gasteiger partial charge in [0.15, 0.2) is 5.12 Å². The Balaban J connectivity index is 2.22. The van der Waals surface area contributed by atoms with Crippen LogP contribution in [0.3, 0.4) is 0 Å². The Labute approximate surface area is 214 Å². The number of anilines is 1. The second-order valence-electron chi connectivity index (χ2n) is 7.72. The molecular formula is C25H28N2O8S. The summed E-state index contributed by atoms with van der Waals surface area (Å²) in [6.45, 7) is 10.5. The van der Waals surface area contributed by atoms with E-state index in [1.54, 1.807) is 0 Å². The number of hydrogen-bond acceptors (Lipinski definition) is 9. The van der Waals surface area contributed by atoms with Crippen LogP contribution in [0.1, 0.15) is 27.1 Å². The lowest BCUT2D eigenvalue weighted by Gasteiger charge is -2.18. The standard InChI is InChI=1S/C25H28N2O8S/c1-4-9-33-22(29)15-7-8-17(23(30)34-10-5-2)18(12-15)27-21(28)19-13-16(14-26-19)20(25(32)36)24(31)35-11-6-3/h4-8,12,16,19-20,26H,1-3,9-11,13-14H2,(H,27,28)(H,32,36). The lowest BCUT2D eigenvalue weighted by atomic mass is 9.90. The summed E-state index contributed by atoms with van der Waals surface area (Å²) in [5.41, 5.74) is 0.131. The Morgan fingerprint density at radius 1 is 1.00 bits per heavy atom. The Morgan fingerprint density at radius 3 is 2.22 bits per heavy atom. The maximum Gasteiger partial charge on any atom is 0.340 e. The summed E-state index contributed by atoms with van der Waals surface area (Å²) in [6.07, 6.45) is 4.29. The van der Waals surface area contributed by atoms with Crippen molar-refractivity contribution in [2.75, 3.05) is 31.7 Å². The van der Waals surface area contributed by atoms with Crippen LogP contribution in [0.25, 0.3) is 0 Å². The quantitative estimate of drug-likeness (QED) is 0.118. The highest BCUT2D eigenvalue weighted by Crippen LogP contribution is 2.27. The van der Waals surface area contributed by atoms with Gasteiger partial charge in [0, 0.05) is 6.54 Å². The molecule has 1 heterocycles. The molecular weight excluding hydrogens is 488 g/mol. The molecule has 1 aliphatic heterocycles. The van der Waals surface area contributed by atoms with Crippen LogP contribution in [0.5, 0.6) is 0 Å². The topological polar surface area (TPSA) is 137 Å². The molecule has 0 aromatic heterocycles. The number of carbonyl (C=O) groups is 5. The van der Waals surface area contributed by atoms with Crippen LogP contribution in [0.2, 0.25) is 0 Å². The van der Waals surface area contributed by atoms with Crippen molar-refractivity contribution < 1.29 is 38.2 Å². The second kappa shape index (κ2) is 14.0. The van der Waals surface area contributed by atoms with Crippen LogP contribution in [0.4, 0.5) is 5.69 Å². The normalized spacial score (nSPS) is 17.2. The first kappa shape index (κ1) is 28.5. The molecule has 36 heavy (non-hydrogen) atoms. The summed E-state index contributed by atoms with van der Waals surface area (Å²) in [6, 6.07) is 3.20. The van der Waals surface area contributed by atoms with Crippen LogP contribution in [0, 0.1) is 11.8 Å². The van der Waals surface area contributed by atoms with Gasteiger partial charge in [-0.25, -0.2) is 9.59 Å². The average Bonchev–Trinajstić information content (AvgIpc) is 3.34. The Hall–Kier alpha value is -3.70. The van der Waals surface area contributed by atoms with Crippen LogP contribution < -0.4 is 10.6 Å². The summed E-state index contributed by atoms with van der Waals surface area (Å²) in [5.74, 6) is -4.41. The summed E-state index contributed by atoms with van der Waals surface area (Å²) in [7, 11) is 0. The molecule has 1 aromatic rings. The van der Waals surface area contributed by atoms with Crippen LogP contribution in [-0.2, 0) is 28.6 Å². The fraction of sp³-hybridized carbons (Fsp3) is 0.320. The SMILES string of the molecule is C=CCOC(=O)c1ccc(C(=O)OCC=C)c(NC(=O)C2CC(C(C(=O)S)C(=O)OCC=C)CN2)c1. The summed E-state index contributed by atoms with van der Waals surface area (Å²) < 4.78 is 15.1. The van der Waals surface area contributed by atoms with Crippen molar-refractivity contribution in [3.63, 3.8) is 0 Å². The predicted octanol–water partition coefficient (Wildman–Crippen LogP) is 2.09. The highest BCUT2D eigenvalue weighted by molar-refractivity contribution is 7.96. The molecule has 1 aromatic carbocycles. The van der Waals surface area contributed by atoms with E-state index in [4.69, 9.17) is 14.2 Å². The zero-order valence-corrected chi connectivity index (χ0v) is 20.5. The van der Waals surface area contributed by atoms with Crippen molar-refractivity contribution in [1.29, 1.82) is 0 Å². The molecule has 3 atom stereocenters. The molecule has 1 aliphatic rings. The number of rotatable bonds is 13. The molecule has 0 radical (unpaired) electrons. The number of ether oxygens (including phenoxy) is 3. The summed E-state index contributed by atoms with van der Waals surface area (Å²) >= 11 is 3.81. The number of nitrogens with one attached hydrogen (secondary N) is 2. The van der Waals surface area contributed by atoms with E-state index in [0.29, 0.717) is 0 Å². The molecule has 2 rings (SSSR count). The largest absolute Gasteiger partial charge is 0.461 e. The van der Waals surface area contributed by atoms with Gasteiger partial charge in [-0.3, -0.25) is 14.4 Å². The van der Waals surface area contributed by atoms with E-state index in [1.807, 2.05) is 0 Å². The Kier molecular flexibility index (Phi) is 11.1. The Morgan fingerprint density at radius 2 is 1.61 bits per heavy atom. The van der Waals surface area contributed by atoms with Gasteiger partial charge in [0.1, 0.15) is 25.7 Å². The highest BCUT2D eigenvalue weighted by Gasteiger charge is 2.41. The van der Waals surface area contributed by atoms with Crippen molar-refractivity contribution in [2.24, 2.45) is 11.8 Å². The third kappa shape index (κ3) is 7.65. The van der Waals surface area contributed by atoms with E-state index in [9.17, 15) is 24.0 Å². The second-order valence-corrected chi connectivity index (χ2v) is 8.16. The first-order valence-corrected chi connectivity index (χ1v) is 11.4. The zero-order valence-electron chi connectivity index (χ0n) is 19.6. The Bertz CT molecular complexity index is 1050. The molecule has 0 aliphatic carbocycles. The number of carbonyl (C=O) groups excluding carboxylic acids is 5. The summed E-state index contributed by atoms with van der Waals surface area (Å²) in [5, 5.41) is 4.92. The van der Waals surface area contributed by atoms with E-state index in [2.05, 4.69) is 43.0 Å². The molecule has 11 heteroatoms. The minimum Gasteiger partial charge on any atom is -0.461 e. The van der Waals surface area contributed by atoms with Crippen LogP contribution >= 0.6 is 12.6 Å². The van der Waals surface area contributed by atoms with Gasteiger partial charge in [-0.2, -0.15) is 0 Å². The number of hydrogen-bond donors (Lipinski definition) is 3. The number of amides is 1. The number of thiol groups is 1. The third-order valence-electron chi connectivity index (χ3n) is 5.21. The van der Waals surface area contributed by atoms with E-state index < -0.39 is 46.8 Å². The number of benzene rings is 1. The van der Waals surface area contributed by atoms with Gasteiger partial charge < -0.3 is 24.8 Å². The number of esters is 3. The van der Waals surface area contributed by atoms with Gasteiger partial charge in [0.25, 0.3) is 0 Å². The predicted molar refractivity (Wildman–Crippen MR) is 135 cm³/mol. The zero-order chi connectivity index (χ0) is 26.7. The monoisotopic (exact) mass is 516 g/mol. The molecule has 1 saturated heterocycles. The van der Waals surface area contributed by atoms with Crippen LogP contribution in [0.15, 0.2) is 56.2 Å². The fourth-order valence-electron chi connectivity index (χ4n) is 3.55. The smallest absolute Gasteiger partial charge is 0.340 e. The van der Waals surface area contributed by atoms with Crippen molar-refractivity contribution in [3.8, 4) is 0 Å². The van der Waals surface area contributed by atoms with Gasteiger partial charge in [-0.15, -0.1) is 12.6 Å². The van der Waals surface area contributed by atoms with E-state index in [0.717, 1.165) is 0 Å². The van der Waals surface area contributed by atoms with Crippen molar-refractivity contribution in [3.05, 3.63) is 67.3 Å². The fourth-order valence-corrected chi connectivity index (χ4v) is 3.86. The molecule has 10 nitrogen and oxygen atoms in total. The minimum atomic E-state index is -1.16. The van der Waals surface area contributed by atoms with Gasteiger partial charge >= 0.3 is 17.9 Å². The highest BCUT2D eigenvalue weighted by atomic mass is 32.1. The molecule has 1 amide bonds. The molecule has 2 N–H and O–H groups in total. The average molecular weight is 517 g/mol. The van der Waals surface area contributed by atoms with E-state index in [-0.39, 0.29) is 49.6 Å². The molecule has 0 saturated carbocycles. The van der Waals surface area contributed by atoms with Crippen molar-refractivity contribution in [1.82, 2.24) is 5.32 Å². The lowest BCUT2D eigenvalue weighted by Crippen LogP contribution is -2.36. The first-order chi connectivity index (χ1) is 17.2. The third-order valence-corrected chi connectivity index (χ3v) is 5.49. The molecule has 3 unspecified atom stereocenters.